The molecule has 1 saturated carbocycles. The summed E-state index contributed by atoms with van der Waals surface area (Å²) in [5, 5.41) is 2.62. The Morgan fingerprint density at radius 1 is 1.28 bits per heavy atom. The first-order valence-electron chi connectivity index (χ1n) is 6.44. The van der Waals surface area contributed by atoms with Crippen LogP contribution in [0.1, 0.15) is 39.0 Å². The highest BCUT2D eigenvalue weighted by molar-refractivity contribution is 7.89. The Kier molecular flexibility index (Phi) is 5.55. The molecule has 7 heteroatoms. The Morgan fingerprint density at radius 3 is 2.44 bits per heavy atom. The predicted molar refractivity (Wildman–Crippen MR) is 70.5 cm³/mol. The lowest BCUT2D eigenvalue weighted by atomic mass is 9.82. The summed E-state index contributed by atoms with van der Waals surface area (Å²) in [4.78, 5) is 11.9. The van der Waals surface area contributed by atoms with Crippen LogP contribution < -0.4 is 15.8 Å². The van der Waals surface area contributed by atoms with Gasteiger partial charge in [-0.3, -0.25) is 4.79 Å². The van der Waals surface area contributed by atoms with Crippen molar-refractivity contribution in [3.8, 4) is 0 Å². The fraction of sp³-hybridized carbons (Fsp3) is 0.909. The molecule has 0 radical (unpaired) electrons. The van der Waals surface area contributed by atoms with E-state index in [4.69, 9.17) is 5.73 Å². The average molecular weight is 277 g/mol. The minimum atomic E-state index is -3.28. The molecule has 6 nitrogen and oxygen atoms in total. The number of rotatable bonds is 6. The van der Waals surface area contributed by atoms with Crippen LogP contribution in [0.2, 0.25) is 0 Å². The van der Waals surface area contributed by atoms with Crippen LogP contribution >= 0.6 is 0 Å². The van der Waals surface area contributed by atoms with Crippen LogP contribution in [0.4, 0.5) is 0 Å². The monoisotopic (exact) mass is 277 g/mol. The summed E-state index contributed by atoms with van der Waals surface area (Å²) in [5.74, 6) is -0.336. The molecule has 0 aromatic rings. The highest BCUT2D eigenvalue weighted by Crippen LogP contribution is 2.25. The standard InChI is InChI=1S/C11H23N3O3S/c1-2-14-18(16,17)9-8-13-10(15)11(12)6-4-3-5-7-11/h14H,2-9,12H2,1H3,(H,13,15). The van der Waals surface area contributed by atoms with Crippen LogP contribution in [-0.4, -0.2) is 38.7 Å². The van der Waals surface area contributed by atoms with Gasteiger partial charge in [0.05, 0.1) is 11.3 Å². The molecular weight excluding hydrogens is 254 g/mol. The minimum Gasteiger partial charge on any atom is -0.353 e. The van der Waals surface area contributed by atoms with E-state index in [1.54, 1.807) is 6.92 Å². The molecule has 18 heavy (non-hydrogen) atoms. The minimum absolute atomic E-state index is 0.104. The second kappa shape index (κ2) is 6.49. The van der Waals surface area contributed by atoms with Gasteiger partial charge in [-0.25, -0.2) is 13.1 Å². The number of sulfonamides is 1. The van der Waals surface area contributed by atoms with Crippen LogP contribution in [0.15, 0.2) is 0 Å². The largest absolute Gasteiger partial charge is 0.353 e. The van der Waals surface area contributed by atoms with Crippen molar-refractivity contribution in [1.82, 2.24) is 10.0 Å². The number of carbonyl (C=O) groups excluding carboxylic acids is 1. The zero-order valence-corrected chi connectivity index (χ0v) is 11.7. The predicted octanol–water partition coefficient (Wildman–Crippen LogP) is -0.296. The van der Waals surface area contributed by atoms with Crippen molar-refractivity contribution >= 4 is 15.9 Å². The molecule has 106 valence electrons. The summed E-state index contributed by atoms with van der Waals surface area (Å²) in [7, 11) is -3.28. The van der Waals surface area contributed by atoms with E-state index in [-0.39, 0.29) is 18.2 Å². The van der Waals surface area contributed by atoms with Gasteiger partial charge in [-0.15, -0.1) is 0 Å². The van der Waals surface area contributed by atoms with Gasteiger partial charge in [-0.2, -0.15) is 0 Å². The summed E-state index contributed by atoms with van der Waals surface area (Å²) in [5.41, 5.74) is 5.23. The van der Waals surface area contributed by atoms with E-state index in [9.17, 15) is 13.2 Å². The van der Waals surface area contributed by atoms with E-state index < -0.39 is 15.6 Å². The van der Waals surface area contributed by atoms with Gasteiger partial charge in [0, 0.05) is 13.1 Å². The van der Waals surface area contributed by atoms with E-state index in [0.29, 0.717) is 19.4 Å². The molecule has 0 bridgehead atoms. The van der Waals surface area contributed by atoms with Crippen molar-refractivity contribution in [1.29, 1.82) is 0 Å². The number of nitrogens with one attached hydrogen (secondary N) is 2. The molecule has 0 heterocycles. The van der Waals surface area contributed by atoms with Gasteiger partial charge in [0.1, 0.15) is 0 Å². The zero-order valence-electron chi connectivity index (χ0n) is 10.9. The van der Waals surface area contributed by atoms with Crippen molar-refractivity contribution in [3.05, 3.63) is 0 Å². The third-order valence-electron chi connectivity index (χ3n) is 3.22. The van der Waals surface area contributed by atoms with Crippen LogP contribution in [0, 0.1) is 0 Å². The maximum Gasteiger partial charge on any atom is 0.240 e. The first-order valence-corrected chi connectivity index (χ1v) is 8.09. The fourth-order valence-electron chi connectivity index (χ4n) is 2.18. The van der Waals surface area contributed by atoms with Crippen LogP contribution in [0.3, 0.4) is 0 Å². The van der Waals surface area contributed by atoms with Crippen LogP contribution in [0.5, 0.6) is 0 Å². The van der Waals surface area contributed by atoms with Crippen molar-refractivity contribution in [2.45, 2.75) is 44.6 Å². The van der Waals surface area contributed by atoms with Crippen molar-refractivity contribution in [2.75, 3.05) is 18.8 Å². The van der Waals surface area contributed by atoms with Gasteiger partial charge in [0.25, 0.3) is 0 Å². The molecule has 1 fully saturated rings. The fourth-order valence-corrected chi connectivity index (χ4v) is 3.13. The summed E-state index contributed by atoms with van der Waals surface area (Å²) in [6, 6.07) is 0. The van der Waals surface area contributed by atoms with Crippen molar-refractivity contribution in [3.63, 3.8) is 0 Å². The molecular formula is C11H23N3O3S. The summed E-state index contributed by atoms with van der Waals surface area (Å²) in [6.45, 7) is 2.18. The third-order valence-corrected chi connectivity index (χ3v) is 4.69. The molecule has 0 spiro atoms. The number of nitrogens with two attached hydrogens (primary N) is 1. The molecule has 1 aliphatic rings. The van der Waals surface area contributed by atoms with E-state index in [2.05, 4.69) is 10.0 Å². The highest BCUT2D eigenvalue weighted by Gasteiger charge is 2.34. The summed E-state index contributed by atoms with van der Waals surface area (Å²) < 4.78 is 25.1. The van der Waals surface area contributed by atoms with Crippen molar-refractivity contribution < 1.29 is 13.2 Å². The van der Waals surface area contributed by atoms with E-state index in [1.165, 1.54) is 0 Å². The maximum atomic E-state index is 11.9. The Balaban J connectivity index is 2.37. The van der Waals surface area contributed by atoms with E-state index in [0.717, 1.165) is 19.3 Å². The highest BCUT2D eigenvalue weighted by atomic mass is 32.2. The van der Waals surface area contributed by atoms with Gasteiger partial charge in [-0.1, -0.05) is 26.2 Å². The van der Waals surface area contributed by atoms with Crippen LogP contribution in [-0.2, 0) is 14.8 Å². The zero-order chi connectivity index (χ0) is 13.6. The summed E-state index contributed by atoms with van der Waals surface area (Å²) in [6.07, 6.45) is 4.39. The van der Waals surface area contributed by atoms with E-state index >= 15 is 0 Å². The van der Waals surface area contributed by atoms with E-state index in [1.807, 2.05) is 0 Å². The quantitative estimate of drug-likeness (QED) is 0.620. The molecule has 4 N–H and O–H groups in total. The molecule has 1 rings (SSSR count). The molecule has 0 atom stereocenters. The molecule has 0 saturated heterocycles. The van der Waals surface area contributed by atoms with Crippen molar-refractivity contribution in [2.24, 2.45) is 5.73 Å². The third kappa shape index (κ3) is 4.55. The number of hydrogen-bond acceptors (Lipinski definition) is 4. The lowest BCUT2D eigenvalue weighted by molar-refractivity contribution is -0.127. The second-order valence-corrected chi connectivity index (χ2v) is 6.72. The first kappa shape index (κ1) is 15.4. The number of hydrogen-bond donors (Lipinski definition) is 3. The van der Waals surface area contributed by atoms with Gasteiger partial charge in [-0.05, 0) is 12.8 Å². The molecule has 1 amide bonds. The number of amides is 1. The maximum absolute atomic E-state index is 11.9. The Morgan fingerprint density at radius 2 is 1.89 bits per heavy atom. The lowest BCUT2D eigenvalue weighted by Gasteiger charge is -2.31. The molecule has 0 aromatic carbocycles. The normalized spacial score (nSPS) is 19.4. The Bertz CT molecular complexity index is 375. The first-order chi connectivity index (χ1) is 8.40. The Hall–Kier alpha value is -0.660. The lowest BCUT2D eigenvalue weighted by Crippen LogP contribution is -2.55. The topological polar surface area (TPSA) is 101 Å². The SMILES string of the molecule is CCNS(=O)(=O)CCNC(=O)C1(N)CCCCC1. The van der Waals surface area contributed by atoms with Crippen LogP contribution in [0.25, 0.3) is 0 Å². The second-order valence-electron chi connectivity index (χ2n) is 4.79. The Labute approximate surface area is 109 Å². The molecule has 0 aliphatic heterocycles. The molecule has 0 unspecified atom stereocenters. The number of carbonyl (C=O) groups is 1. The summed E-state index contributed by atoms with van der Waals surface area (Å²) >= 11 is 0. The van der Waals surface area contributed by atoms with Gasteiger partial charge >= 0.3 is 0 Å². The average Bonchev–Trinajstić information content (AvgIpc) is 2.29. The van der Waals surface area contributed by atoms with Gasteiger partial charge in [0.2, 0.25) is 15.9 Å². The smallest absolute Gasteiger partial charge is 0.240 e. The molecule has 1 aliphatic carbocycles. The van der Waals surface area contributed by atoms with Gasteiger partial charge in [0.15, 0.2) is 0 Å². The van der Waals surface area contributed by atoms with Gasteiger partial charge < -0.3 is 11.1 Å². The molecule has 0 aromatic heterocycles.